The van der Waals surface area contributed by atoms with Gasteiger partial charge in [0.1, 0.15) is 5.82 Å². The SMILES string of the molecule is COc1ccc(C2CC(C(F)(F)F)n3nc(-c4ccc(C#N)cc4)cc3N2)cc1OC. The summed E-state index contributed by atoms with van der Waals surface area (Å²) in [6.45, 7) is 0. The number of hydrogen-bond acceptors (Lipinski definition) is 5. The molecule has 0 saturated carbocycles. The Bertz CT molecular complexity index is 1130. The van der Waals surface area contributed by atoms with Crippen LogP contribution < -0.4 is 14.8 Å². The Morgan fingerprint density at radius 3 is 2.39 bits per heavy atom. The third kappa shape index (κ3) is 3.89. The van der Waals surface area contributed by atoms with Crippen molar-refractivity contribution in [3.63, 3.8) is 0 Å². The highest BCUT2D eigenvalue weighted by Gasteiger charge is 2.46. The summed E-state index contributed by atoms with van der Waals surface area (Å²) in [5.74, 6) is 1.22. The summed E-state index contributed by atoms with van der Waals surface area (Å²) in [7, 11) is 2.98. The molecule has 0 bridgehead atoms. The predicted octanol–water partition coefficient (Wildman–Crippen LogP) is 5.10. The van der Waals surface area contributed by atoms with Crippen LogP contribution in [0.1, 0.15) is 29.6 Å². The van der Waals surface area contributed by atoms with Crippen LogP contribution in [-0.4, -0.2) is 30.2 Å². The molecule has 2 atom stereocenters. The first-order valence-corrected chi connectivity index (χ1v) is 9.49. The van der Waals surface area contributed by atoms with E-state index in [0.29, 0.717) is 33.9 Å². The van der Waals surface area contributed by atoms with Gasteiger partial charge in [-0.15, -0.1) is 0 Å². The van der Waals surface area contributed by atoms with Crippen molar-refractivity contribution in [1.29, 1.82) is 5.26 Å². The standard InChI is InChI=1S/C22H19F3N4O2/c1-30-18-8-7-15(9-19(18)31-2)16-10-20(22(23,24)25)29-21(27-16)11-17(28-29)14-5-3-13(12-26)4-6-14/h3-9,11,16,20,27H,10H2,1-2H3. The topological polar surface area (TPSA) is 72.1 Å². The van der Waals surface area contributed by atoms with Crippen LogP contribution in [0.4, 0.5) is 19.0 Å². The van der Waals surface area contributed by atoms with E-state index in [0.717, 1.165) is 4.68 Å². The molecule has 1 N–H and O–H groups in total. The average molecular weight is 428 g/mol. The Morgan fingerprint density at radius 2 is 1.77 bits per heavy atom. The molecular weight excluding hydrogens is 409 g/mol. The normalized spacial score (nSPS) is 17.9. The molecule has 1 aromatic heterocycles. The van der Waals surface area contributed by atoms with Crippen LogP contribution in [0.3, 0.4) is 0 Å². The van der Waals surface area contributed by atoms with Crippen LogP contribution in [0.5, 0.6) is 11.5 Å². The zero-order valence-electron chi connectivity index (χ0n) is 16.8. The van der Waals surface area contributed by atoms with E-state index < -0.39 is 18.3 Å². The van der Waals surface area contributed by atoms with Crippen molar-refractivity contribution >= 4 is 5.82 Å². The number of nitrogens with zero attached hydrogens (tertiary/aromatic N) is 3. The highest BCUT2D eigenvalue weighted by Crippen LogP contribution is 2.45. The summed E-state index contributed by atoms with van der Waals surface area (Å²) < 4.78 is 53.2. The van der Waals surface area contributed by atoms with Crippen LogP contribution >= 0.6 is 0 Å². The van der Waals surface area contributed by atoms with Gasteiger partial charge >= 0.3 is 6.18 Å². The number of anilines is 1. The fourth-order valence-electron chi connectivity index (χ4n) is 3.72. The highest BCUT2D eigenvalue weighted by atomic mass is 19.4. The molecule has 6 nitrogen and oxygen atoms in total. The molecule has 31 heavy (non-hydrogen) atoms. The molecule has 0 fully saturated rings. The zero-order chi connectivity index (χ0) is 22.2. The number of hydrogen-bond donors (Lipinski definition) is 1. The van der Waals surface area contributed by atoms with Gasteiger partial charge in [-0.05, 0) is 29.8 Å². The maximum absolute atomic E-state index is 13.9. The lowest BCUT2D eigenvalue weighted by Gasteiger charge is -2.33. The second-order valence-corrected chi connectivity index (χ2v) is 7.15. The summed E-state index contributed by atoms with van der Waals surface area (Å²) in [5, 5.41) is 16.3. The zero-order valence-corrected chi connectivity index (χ0v) is 16.8. The number of nitrogens with one attached hydrogen (secondary N) is 1. The maximum Gasteiger partial charge on any atom is 0.410 e. The minimum atomic E-state index is -4.47. The smallest absolute Gasteiger partial charge is 0.410 e. The maximum atomic E-state index is 13.9. The summed E-state index contributed by atoms with van der Waals surface area (Å²) in [6.07, 6.45) is -4.69. The van der Waals surface area contributed by atoms with E-state index in [1.54, 1.807) is 48.5 Å². The van der Waals surface area contributed by atoms with Gasteiger partial charge < -0.3 is 14.8 Å². The Balaban J connectivity index is 1.73. The van der Waals surface area contributed by atoms with Gasteiger partial charge in [-0.1, -0.05) is 18.2 Å². The lowest BCUT2D eigenvalue weighted by atomic mass is 9.96. The summed E-state index contributed by atoms with van der Waals surface area (Å²) >= 11 is 0. The van der Waals surface area contributed by atoms with Gasteiger partial charge in [-0.3, -0.25) is 0 Å². The number of nitriles is 1. The van der Waals surface area contributed by atoms with Gasteiger partial charge in [-0.25, -0.2) is 4.68 Å². The molecule has 0 aliphatic carbocycles. The third-order valence-corrected chi connectivity index (χ3v) is 5.31. The predicted molar refractivity (Wildman–Crippen MR) is 108 cm³/mol. The number of methoxy groups -OCH3 is 2. The van der Waals surface area contributed by atoms with Crippen molar-refractivity contribution in [2.75, 3.05) is 19.5 Å². The van der Waals surface area contributed by atoms with E-state index >= 15 is 0 Å². The quantitative estimate of drug-likeness (QED) is 0.626. The minimum Gasteiger partial charge on any atom is -0.493 e. The fraction of sp³-hybridized carbons (Fsp3) is 0.273. The minimum absolute atomic E-state index is 0.222. The van der Waals surface area contributed by atoms with E-state index in [1.807, 2.05) is 6.07 Å². The molecule has 9 heteroatoms. The van der Waals surface area contributed by atoms with Crippen molar-refractivity contribution in [2.45, 2.75) is 24.7 Å². The Kier molecular flexibility index (Phi) is 5.23. The van der Waals surface area contributed by atoms with Crippen molar-refractivity contribution in [3.05, 3.63) is 59.7 Å². The van der Waals surface area contributed by atoms with Gasteiger partial charge in [0.15, 0.2) is 17.5 Å². The average Bonchev–Trinajstić information content (AvgIpc) is 3.21. The van der Waals surface area contributed by atoms with E-state index in [1.165, 1.54) is 14.2 Å². The number of benzene rings is 2. The van der Waals surface area contributed by atoms with Gasteiger partial charge in [0.25, 0.3) is 0 Å². The molecule has 2 aromatic carbocycles. The largest absolute Gasteiger partial charge is 0.493 e. The number of aromatic nitrogens is 2. The van der Waals surface area contributed by atoms with E-state index in [9.17, 15) is 13.2 Å². The van der Waals surface area contributed by atoms with Crippen molar-refractivity contribution in [2.24, 2.45) is 0 Å². The number of fused-ring (bicyclic) bond motifs is 1. The van der Waals surface area contributed by atoms with Crippen LogP contribution in [0.2, 0.25) is 0 Å². The van der Waals surface area contributed by atoms with Gasteiger partial charge in [0, 0.05) is 18.1 Å². The van der Waals surface area contributed by atoms with E-state index in [4.69, 9.17) is 14.7 Å². The highest BCUT2D eigenvalue weighted by molar-refractivity contribution is 5.65. The van der Waals surface area contributed by atoms with Crippen LogP contribution in [-0.2, 0) is 0 Å². The Hall–Kier alpha value is -3.67. The van der Waals surface area contributed by atoms with Crippen molar-refractivity contribution < 1.29 is 22.6 Å². The first-order chi connectivity index (χ1) is 14.8. The number of rotatable bonds is 4. The van der Waals surface area contributed by atoms with Crippen LogP contribution in [0.15, 0.2) is 48.5 Å². The second-order valence-electron chi connectivity index (χ2n) is 7.15. The molecule has 2 unspecified atom stereocenters. The third-order valence-electron chi connectivity index (χ3n) is 5.31. The molecule has 4 rings (SSSR count). The molecule has 0 saturated heterocycles. The summed E-state index contributed by atoms with van der Waals surface area (Å²) in [6, 6.07) is 12.9. The fourth-order valence-corrected chi connectivity index (χ4v) is 3.72. The summed E-state index contributed by atoms with van der Waals surface area (Å²) in [5.41, 5.74) is 2.15. The van der Waals surface area contributed by atoms with Crippen LogP contribution in [0.25, 0.3) is 11.3 Å². The van der Waals surface area contributed by atoms with Gasteiger partial charge in [0.2, 0.25) is 0 Å². The van der Waals surface area contributed by atoms with Gasteiger partial charge in [-0.2, -0.15) is 23.5 Å². The summed E-state index contributed by atoms with van der Waals surface area (Å²) in [4.78, 5) is 0. The first kappa shape index (κ1) is 20.6. The second kappa shape index (κ2) is 7.87. The Labute approximate surface area is 176 Å². The molecule has 160 valence electrons. The lowest BCUT2D eigenvalue weighted by Crippen LogP contribution is -2.35. The van der Waals surface area contributed by atoms with Crippen molar-refractivity contribution in [1.82, 2.24) is 9.78 Å². The lowest BCUT2D eigenvalue weighted by molar-refractivity contribution is -0.173. The molecule has 1 aliphatic heterocycles. The first-order valence-electron chi connectivity index (χ1n) is 9.49. The van der Waals surface area contributed by atoms with E-state index in [-0.39, 0.29) is 12.2 Å². The van der Waals surface area contributed by atoms with Crippen molar-refractivity contribution in [3.8, 4) is 28.8 Å². The number of ether oxygens (including phenoxy) is 2. The Morgan fingerprint density at radius 1 is 1.06 bits per heavy atom. The van der Waals surface area contributed by atoms with E-state index in [2.05, 4.69) is 10.4 Å². The molecule has 0 spiro atoms. The number of alkyl halides is 3. The molecule has 2 heterocycles. The molecule has 0 radical (unpaired) electrons. The monoisotopic (exact) mass is 428 g/mol. The molecule has 3 aromatic rings. The molecular formula is C22H19F3N4O2. The molecule has 1 aliphatic rings. The van der Waals surface area contributed by atoms with Crippen LogP contribution in [0, 0.1) is 11.3 Å². The van der Waals surface area contributed by atoms with Gasteiger partial charge in [0.05, 0.1) is 37.6 Å². The number of halogens is 3. The molecule has 0 amide bonds.